The van der Waals surface area contributed by atoms with E-state index in [2.05, 4.69) is 0 Å². The summed E-state index contributed by atoms with van der Waals surface area (Å²) in [4.78, 5) is 26.9. The van der Waals surface area contributed by atoms with E-state index in [0.29, 0.717) is 29.7 Å². The Hall–Kier alpha value is -1.44. The van der Waals surface area contributed by atoms with E-state index >= 15 is 0 Å². The summed E-state index contributed by atoms with van der Waals surface area (Å²) >= 11 is 1.46. The summed E-state index contributed by atoms with van der Waals surface area (Å²) in [5.41, 5.74) is 0.124. The molecule has 0 spiro atoms. The highest BCUT2D eigenvalue weighted by molar-refractivity contribution is 7.18. The summed E-state index contributed by atoms with van der Waals surface area (Å²) < 4.78 is 8.57. The Morgan fingerprint density at radius 2 is 2.09 bits per heavy atom. The molecule has 0 saturated carbocycles. The summed E-state index contributed by atoms with van der Waals surface area (Å²) in [6, 6.07) is 0. The minimum Gasteiger partial charge on any atom is -0.396 e. The molecule has 1 aliphatic rings. The third-order valence-electron chi connectivity index (χ3n) is 4.09. The normalized spacial score (nSPS) is 16.9. The Labute approximate surface area is 131 Å². The number of hydrogen-bond acceptors (Lipinski definition) is 5. The molecule has 6 nitrogen and oxygen atoms in total. The van der Waals surface area contributed by atoms with Gasteiger partial charge in [-0.25, -0.2) is 4.79 Å². The molecule has 120 valence electrons. The third kappa shape index (κ3) is 2.33. The molecule has 1 aliphatic heterocycles. The van der Waals surface area contributed by atoms with Crippen LogP contribution < -0.4 is 11.2 Å². The second-order valence-electron chi connectivity index (χ2n) is 6.28. The van der Waals surface area contributed by atoms with Crippen molar-refractivity contribution < 1.29 is 9.84 Å². The highest BCUT2D eigenvalue weighted by Gasteiger charge is 2.31. The number of hydrogen-bond donors (Lipinski definition) is 1. The van der Waals surface area contributed by atoms with Crippen molar-refractivity contribution in [3.63, 3.8) is 0 Å². The van der Waals surface area contributed by atoms with E-state index in [4.69, 9.17) is 9.84 Å². The Kier molecular flexibility index (Phi) is 3.74. The van der Waals surface area contributed by atoms with Crippen LogP contribution in [0.5, 0.6) is 0 Å². The van der Waals surface area contributed by atoms with E-state index in [1.807, 2.05) is 13.8 Å². The minimum atomic E-state index is -0.329. The van der Waals surface area contributed by atoms with Gasteiger partial charge in [0.25, 0.3) is 5.56 Å². The topological polar surface area (TPSA) is 73.5 Å². The molecule has 1 N–H and O–H groups in total. The van der Waals surface area contributed by atoms with Crippen LogP contribution in [0.4, 0.5) is 0 Å². The third-order valence-corrected chi connectivity index (χ3v) is 5.37. The fourth-order valence-corrected chi connectivity index (χ4v) is 4.09. The van der Waals surface area contributed by atoms with E-state index < -0.39 is 0 Å². The molecule has 0 saturated heterocycles. The van der Waals surface area contributed by atoms with Gasteiger partial charge in [-0.05, 0) is 25.8 Å². The zero-order valence-corrected chi connectivity index (χ0v) is 13.8. The smallest absolute Gasteiger partial charge is 0.331 e. The first kappa shape index (κ1) is 15.5. The zero-order chi connectivity index (χ0) is 16.1. The number of aryl methyl sites for hydroxylation is 1. The van der Waals surface area contributed by atoms with Gasteiger partial charge >= 0.3 is 5.69 Å². The van der Waals surface area contributed by atoms with Crippen LogP contribution in [0.25, 0.3) is 10.2 Å². The molecule has 0 atom stereocenters. The first-order chi connectivity index (χ1) is 10.4. The predicted molar refractivity (Wildman–Crippen MR) is 85.6 cm³/mol. The van der Waals surface area contributed by atoms with Gasteiger partial charge < -0.3 is 9.84 Å². The molecular weight excluding hydrogens is 304 g/mol. The number of ether oxygens (including phenoxy) is 1. The molecule has 22 heavy (non-hydrogen) atoms. The number of aliphatic hydroxyl groups excluding tert-OH is 1. The van der Waals surface area contributed by atoms with E-state index in [9.17, 15) is 9.59 Å². The van der Waals surface area contributed by atoms with Gasteiger partial charge in [0.15, 0.2) is 0 Å². The van der Waals surface area contributed by atoms with Crippen LogP contribution in [0.2, 0.25) is 0 Å². The minimum absolute atomic E-state index is 0.0454. The number of thiophene rings is 1. The average molecular weight is 324 g/mol. The standard InChI is InChI=1S/C15H20N2O4S/c1-15(2)7-9-10(8-21-15)22-13-11(9)12(19)17(5-4-6-18)14(20)16(13)3/h18H,4-8H2,1-3H3. The fraction of sp³-hybridized carbons (Fsp3) is 0.600. The molecule has 0 amide bonds. The van der Waals surface area contributed by atoms with E-state index in [0.717, 1.165) is 10.4 Å². The molecular formula is C15H20N2O4S. The fourth-order valence-electron chi connectivity index (χ4n) is 2.91. The van der Waals surface area contributed by atoms with Crippen LogP contribution in [-0.2, 0) is 31.4 Å². The molecule has 3 rings (SSSR count). The van der Waals surface area contributed by atoms with E-state index in [-0.39, 0.29) is 30.0 Å². The van der Waals surface area contributed by atoms with E-state index in [1.54, 1.807) is 7.05 Å². The molecule has 0 aromatic carbocycles. The van der Waals surface area contributed by atoms with Gasteiger partial charge in [0.05, 0.1) is 17.6 Å². The summed E-state index contributed by atoms with van der Waals surface area (Å²) in [6.45, 7) is 4.68. The van der Waals surface area contributed by atoms with Gasteiger partial charge in [0.2, 0.25) is 0 Å². The lowest BCUT2D eigenvalue weighted by atomic mass is 9.94. The van der Waals surface area contributed by atoms with Gasteiger partial charge in [0.1, 0.15) is 4.83 Å². The van der Waals surface area contributed by atoms with Gasteiger partial charge in [-0.1, -0.05) is 0 Å². The quantitative estimate of drug-likeness (QED) is 0.914. The maximum Gasteiger partial charge on any atom is 0.331 e. The number of rotatable bonds is 3. The van der Waals surface area contributed by atoms with Crippen LogP contribution in [0.15, 0.2) is 9.59 Å². The number of aliphatic hydroxyl groups is 1. The van der Waals surface area contributed by atoms with Crippen molar-refractivity contribution in [1.29, 1.82) is 0 Å². The Morgan fingerprint density at radius 3 is 2.77 bits per heavy atom. The lowest BCUT2D eigenvalue weighted by Gasteiger charge is -2.29. The number of aromatic nitrogens is 2. The van der Waals surface area contributed by atoms with Crippen molar-refractivity contribution in [2.24, 2.45) is 7.05 Å². The summed E-state index contributed by atoms with van der Waals surface area (Å²) in [6.07, 6.45) is 1.05. The maximum absolute atomic E-state index is 12.8. The highest BCUT2D eigenvalue weighted by atomic mass is 32.1. The van der Waals surface area contributed by atoms with Gasteiger partial charge in [-0.15, -0.1) is 11.3 Å². The molecule has 3 heterocycles. The number of fused-ring (bicyclic) bond motifs is 3. The second-order valence-corrected chi connectivity index (χ2v) is 7.37. The lowest BCUT2D eigenvalue weighted by molar-refractivity contribution is -0.0379. The molecule has 0 aliphatic carbocycles. The van der Waals surface area contributed by atoms with Crippen molar-refractivity contribution >= 4 is 21.6 Å². The van der Waals surface area contributed by atoms with Gasteiger partial charge in [-0.2, -0.15) is 0 Å². The summed E-state index contributed by atoms with van der Waals surface area (Å²) in [7, 11) is 1.69. The van der Waals surface area contributed by atoms with Crippen molar-refractivity contribution in [3.8, 4) is 0 Å². The Balaban J connectivity index is 2.30. The van der Waals surface area contributed by atoms with Crippen molar-refractivity contribution in [1.82, 2.24) is 9.13 Å². The van der Waals surface area contributed by atoms with Crippen LogP contribution in [0.1, 0.15) is 30.7 Å². The summed E-state index contributed by atoms with van der Waals surface area (Å²) in [5, 5.41) is 9.61. The molecule has 0 bridgehead atoms. The largest absolute Gasteiger partial charge is 0.396 e. The molecule has 0 radical (unpaired) electrons. The van der Waals surface area contributed by atoms with Crippen LogP contribution >= 0.6 is 11.3 Å². The van der Waals surface area contributed by atoms with Crippen LogP contribution in [0, 0.1) is 0 Å². The Morgan fingerprint density at radius 1 is 1.36 bits per heavy atom. The zero-order valence-electron chi connectivity index (χ0n) is 13.0. The first-order valence-corrected chi connectivity index (χ1v) is 8.16. The average Bonchev–Trinajstić information content (AvgIpc) is 2.82. The molecule has 7 heteroatoms. The first-order valence-electron chi connectivity index (χ1n) is 7.34. The van der Waals surface area contributed by atoms with Crippen LogP contribution in [0.3, 0.4) is 0 Å². The molecule has 0 fully saturated rings. The van der Waals surface area contributed by atoms with Crippen LogP contribution in [-0.4, -0.2) is 26.4 Å². The molecule has 0 unspecified atom stereocenters. The SMILES string of the molecule is Cn1c(=O)n(CCCO)c(=O)c2c3c(sc21)COC(C)(C)C3. The highest BCUT2D eigenvalue weighted by Crippen LogP contribution is 2.36. The number of nitrogens with zero attached hydrogens (tertiary/aromatic N) is 2. The van der Waals surface area contributed by atoms with Gasteiger partial charge in [0, 0.05) is 31.5 Å². The molecule has 2 aromatic rings. The van der Waals surface area contributed by atoms with Crippen molar-refractivity contribution in [2.45, 2.75) is 45.4 Å². The summed E-state index contributed by atoms with van der Waals surface area (Å²) in [5.74, 6) is 0. The lowest BCUT2D eigenvalue weighted by Crippen LogP contribution is -2.39. The second kappa shape index (κ2) is 5.33. The Bertz CT molecular complexity index is 844. The van der Waals surface area contributed by atoms with Gasteiger partial charge in [-0.3, -0.25) is 13.9 Å². The van der Waals surface area contributed by atoms with Crippen molar-refractivity contribution in [3.05, 3.63) is 31.3 Å². The maximum atomic E-state index is 12.8. The predicted octanol–water partition coefficient (Wildman–Crippen LogP) is 0.995. The van der Waals surface area contributed by atoms with E-state index in [1.165, 1.54) is 20.5 Å². The monoisotopic (exact) mass is 324 g/mol. The van der Waals surface area contributed by atoms with Crippen molar-refractivity contribution in [2.75, 3.05) is 6.61 Å². The molecule has 2 aromatic heterocycles.